The van der Waals surface area contributed by atoms with Gasteiger partial charge in [0.2, 0.25) is 0 Å². The summed E-state index contributed by atoms with van der Waals surface area (Å²) in [6, 6.07) is 0. The number of rotatable bonds is 11. The summed E-state index contributed by atoms with van der Waals surface area (Å²) in [7, 11) is 0. The van der Waals surface area contributed by atoms with Gasteiger partial charge in [0.15, 0.2) is 0 Å². The van der Waals surface area contributed by atoms with E-state index in [-0.39, 0.29) is 45.9 Å². The molecule has 0 aromatic rings. The van der Waals surface area contributed by atoms with Gasteiger partial charge in [-0.1, -0.05) is 0 Å². The number of carboxylic acids is 4. The molecule has 0 atom stereocenters. The lowest BCUT2D eigenvalue weighted by Crippen LogP contribution is -2.43. The topological polar surface area (TPSA) is 345 Å². The highest BCUT2D eigenvalue weighted by Gasteiger charge is 2.17. The molecule has 16 N–H and O–H groups in total. The molecule has 0 saturated heterocycles. The molecule has 26 heavy (non-hydrogen) atoms. The highest BCUT2D eigenvalue weighted by molar-refractivity contribution is 5.73. The summed E-state index contributed by atoms with van der Waals surface area (Å²) in [4.78, 5) is 44.4. The van der Waals surface area contributed by atoms with E-state index in [0.29, 0.717) is 0 Å². The summed E-state index contributed by atoms with van der Waals surface area (Å²) in [6.45, 7) is -2.25. The van der Waals surface area contributed by atoms with Crippen molar-refractivity contribution in [2.75, 3.05) is 39.3 Å². The molecule has 162 valence electrons. The van der Waals surface area contributed by atoms with E-state index >= 15 is 0 Å². The third-order valence-electron chi connectivity index (χ3n) is 2.17. The third-order valence-corrected chi connectivity index (χ3v) is 2.17. The predicted molar refractivity (Wildman–Crippen MR) is 85.1 cm³/mol. The zero-order chi connectivity index (χ0) is 15.7. The number of carbonyl (C=O) groups is 4. The zero-order valence-corrected chi connectivity index (χ0v) is 13.6. The van der Waals surface area contributed by atoms with E-state index < -0.39 is 50.1 Å². The molecule has 16 nitrogen and oxygen atoms in total. The quantitative estimate of drug-likeness (QED) is 0.253. The van der Waals surface area contributed by atoms with E-state index in [1.54, 1.807) is 0 Å². The Balaban J connectivity index is -0.000000120. The molecule has 0 aromatic heterocycles. The van der Waals surface area contributed by atoms with E-state index in [2.05, 4.69) is 0 Å². The van der Waals surface area contributed by atoms with Gasteiger partial charge in [-0.15, -0.1) is 0 Å². The lowest BCUT2D eigenvalue weighted by atomic mass is 10.4. The Bertz CT molecular complexity index is 322. The molecule has 0 rings (SSSR count). The fourth-order valence-corrected chi connectivity index (χ4v) is 1.48. The zero-order valence-electron chi connectivity index (χ0n) is 13.6. The smallest absolute Gasteiger partial charge is 0.317 e. The number of nitrogens with zero attached hydrogens (tertiary/aromatic N) is 2. The van der Waals surface area contributed by atoms with Crippen LogP contribution in [0.25, 0.3) is 0 Å². The molecule has 0 unspecified atom stereocenters. The number of carboxylic acid groups (broad SMARTS) is 4. The molecule has 0 heterocycles. The molecule has 0 spiro atoms. The molecule has 0 aliphatic rings. The molecule has 0 bridgehead atoms. The Morgan fingerprint density at radius 1 is 0.462 bits per heavy atom. The van der Waals surface area contributed by atoms with Crippen LogP contribution < -0.4 is 0 Å². The van der Waals surface area contributed by atoms with Crippen LogP contribution in [0.4, 0.5) is 0 Å². The maximum Gasteiger partial charge on any atom is 0.317 e. The van der Waals surface area contributed by atoms with Gasteiger partial charge in [0.1, 0.15) is 0 Å². The molecule has 0 saturated carbocycles. The van der Waals surface area contributed by atoms with Gasteiger partial charge >= 0.3 is 23.9 Å². The minimum atomic E-state index is -1.23. The Morgan fingerprint density at radius 2 is 0.615 bits per heavy atom. The Morgan fingerprint density at radius 3 is 0.731 bits per heavy atom. The van der Waals surface area contributed by atoms with Crippen LogP contribution in [0.15, 0.2) is 0 Å². The van der Waals surface area contributed by atoms with Gasteiger partial charge in [0, 0.05) is 13.1 Å². The second-order valence-corrected chi connectivity index (χ2v) is 4.00. The summed E-state index contributed by atoms with van der Waals surface area (Å²) < 4.78 is 0. The second kappa shape index (κ2) is 22.6. The first kappa shape index (κ1) is 43.7. The molecule has 0 aromatic carbocycles. The van der Waals surface area contributed by atoms with Crippen LogP contribution in [0.5, 0.6) is 0 Å². The van der Waals surface area contributed by atoms with E-state index in [9.17, 15) is 19.2 Å². The minimum absolute atomic E-state index is 0. The molecule has 16 heteroatoms. The van der Waals surface area contributed by atoms with E-state index in [0.717, 1.165) is 9.80 Å². The number of hydrogen-bond donors (Lipinski definition) is 4. The monoisotopic (exact) mass is 400 g/mol. The normalized spacial score (nSPS) is 8.23. The maximum absolute atomic E-state index is 10.6. The van der Waals surface area contributed by atoms with Crippen molar-refractivity contribution in [3.05, 3.63) is 0 Å². The first-order valence-corrected chi connectivity index (χ1v) is 5.52. The lowest BCUT2D eigenvalue weighted by molar-refractivity contribution is -0.145. The van der Waals surface area contributed by atoms with Gasteiger partial charge in [-0.05, 0) is 0 Å². The van der Waals surface area contributed by atoms with Crippen LogP contribution >= 0.6 is 0 Å². The van der Waals surface area contributed by atoms with Crippen LogP contribution in [0, 0.1) is 0 Å². The van der Waals surface area contributed by atoms with Crippen LogP contribution in [0.2, 0.25) is 0 Å². The Kier molecular flexibility index (Phi) is 37.9. The molecule has 0 aliphatic heterocycles. The van der Waals surface area contributed by atoms with Crippen LogP contribution in [-0.4, -0.2) is 126 Å². The summed E-state index contributed by atoms with van der Waals surface area (Å²) in [5, 5.41) is 34.5. The summed E-state index contributed by atoms with van der Waals surface area (Å²) in [6.07, 6.45) is 0. The fraction of sp³-hybridized carbons (Fsp3) is 0.600. The van der Waals surface area contributed by atoms with Gasteiger partial charge < -0.3 is 53.3 Å². The lowest BCUT2D eigenvalue weighted by Gasteiger charge is -2.23. The van der Waals surface area contributed by atoms with E-state index in [1.165, 1.54) is 0 Å². The highest BCUT2D eigenvalue weighted by atomic mass is 16.4. The van der Waals surface area contributed by atoms with Crippen LogP contribution in [0.1, 0.15) is 0 Å². The van der Waals surface area contributed by atoms with Crippen molar-refractivity contribution < 1.29 is 72.5 Å². The van der Waals surface area contributed by atoms with Crippen molar-refractivity contribution in [2.24, 2.45) is 0 Å². The average Bonchev–Trinajstić information content (AvgIpc) is 2.22. The second-order valence-electron chi connectivity index (χ2n) is 4.00. The number of aliphatic carboxylic acids is 4. The van der Waals surface area contributed by atoms with Crippen molar-refractivity contribution in [3.63, 3.8) is 0 Å². The van der Waals surface area contributed by atoms with Crippen LogP contribution in [0.3, 0.4) is 0 Å². The van der Waals surface area contributed by atoms with Gasteiger partial charge in [-0.3, -0.25) is 29.0 Å². The highest BCUT2D eigenvalue weighted by Crippen LogP contribution is 1.94. The summed E-state index contributed by atoms with van der Waals surface area (Å²) in [5.41, 5.74) is 0. The summed E-state index contributed by atoms with van der Waals surface area (Å²) in [5.74, 6) is -4.91. The van der Waals surface area contributed by atoms with E-state index in [4.69, 9.17) is 20.4 Å². The summed E-state index contributed by atoms with van der Waals surface area (Å²) >= 11 is 0. The first-order valence-electron chi connectivity index (χ1n) is 5.52. The molecule has 0 fully saturated rings. The Hall–Kier alpha value is -2.44. The van der Waals surface area contributed by atoms with Crippen molar-refractivity contribution in [1.29, 1.82) is 0 Å². The Labute approximate surface area is 146 Å². The fourth-order valence-electron chi connectivity index (χ4n) is 1.48. The molecule has 0 radical (unpaired) electrons. The third kappa shape index (κ3) is 26.5. The van der Waals surface area contributed by atoms with Crippen molar-refractivity contribution in [3.8, 4) is 0 Å². The molecular weight excluding hydrogens is 372 g/mol. The van der Waals surface area contributed by atoms with E-state index in [1.807, 2.05) is 0 Å². The van der Waals surface area contributed by atoms with Gasteiger partial charge in [0.05, 0.1) is 26.2 Å². The van der Waals surface area contributed by atoms with Crippen molar-refractivity contribution in [2.45, 2.75) is 0 Å². The molecule has 0 aliphatic carbocycles. The number of hydrogen-bond acceptors (Lipinski definition) is 6. The average molecular weight is 400 g/mol. The largest absolute Gasteiger partial charge is 0.480 e. The van der Waals surface area contributed by atoms with Gasteiger partial charge in [0.25, 0.3) is 0 Å². The SMILES string of the molecule is O.O.O.O.O.O.O=C(O)CN(CCN(CC(=O)O)CC(=O)O)CC(=O)O. The standard InChI is InChI=1S/C10H16N2O8.6H2O/c13-7(14)3-11(4-8(15)16)1-2-12(5-9(17)18)6-10(19)20;;;;;;/h1-6H2,(H,13,14)(H,15,16)(H,17,18)(H,19,20);6*1H2. The molecular formula is C10H28N2O14. The maximum atomic E-state index is 10.6. The minimum Gasteiger partial charge on any atom is -0.480 e. The van der Waals surface area contributed by atoms with Crippen LogP contribution in [-0.2, 0) is 19.2 Å². The molecule has 0 amide bonds. The first-order chi connectivity index (χ1) is 9.20. The predicted octanol–water partition coefficient (Wildman–Crippen LogP) is -7.02. The van der Waals surface area contributed by atoms with Crippen molar-refractivity contribution >= 4 is 23.9 Å². The van der Waals surface area contributed by atoms with Gasteiger partial charge in [-0.2, -0.15) is 0 Å². The van der Waals surface area contributed by atoms with Crippen molar-refractivity contribution in [1.82, 2.24) is 9.80 Å². The van der Waals surface area contributed by atoms with Gasteiger partial charge in [-0.25, -0.2) is 0 Å².